The molecule has 1 atom stereocenters. The number of nitrogens with zero attached hydrogens (tertiary/aromatic N) is 2. The van der Waals surface area contributed by atoms with Crippen LogP contribution in [0.2, 0.25) is 0 Å². The van der Waals surface area contributed by atoms with Crippen LogP contribution in [0.25, 0.3) is 0 Å². The lowest BCUT2D eigenvalue weighted by molar-refractivity contribution is 0.819. The maximum atomic E-state index is 11.3. The molecule has 0 bridgehead atoms. The lowest BCUT2D eigenvalue weighted by atomic mass is 10.3. The Balaban J connectivity index is 2.21. The van der Waals surface area contributed by atoms with Gasteiger partial charge in [-0.2, -0.15) is 0 Å². The van der Waals surface area contributed by atoms with Gasteiger partial charge in [0.1, 0.15) is 5.01 Å². The summed E-state index contributed by atoms with van der Waals surface area (Å²) in [6.07, 6.45) is 1.68. The second kappa shape index (κ2) is 4.27. The molecule has 0 radical (unpaired) electrons. The fourth-order valence-corrected chi connectivity index (χ4v) is 1.81. The fourth-order valence-electron chi connectivity index (χ4n) is 1.16. The molecule has 0 aliphatic heterocycles. The second-order valence-corrected chi connectivity index (χ2v) is 4.02. The van der Waals surface area contributed by atoms with Gasteiger partial charge in [-0.1, -0.05) is 0 Å². The van der Waals surface area contributed by atoms with Crippen molar-refractivity contribution in [3.8, 4) is 0 Å². The summed E-state index contributed by atoms with van der Waals surface area (Å²) < 4.78 is 0. The van der Waals surface area contributed by atoms with E-state index in [0.717, 1.165) is 5.01 Å². The Kier molecular flexibility index (Phi) is 2.82. The van der Waals surface area contributed by atoms with E-state index in [1.165, 1.54) is 11.3 Å². The normalized spacial score (nSPS) is 12.3. The molecule has 0 amide bonds. The molecule has 2 heterocycles. The third kappa shape index (κ3) is 2.16. The number of anilines is 1. The molecule has 0 spiro atoms. The smallest absolute Gasteiger partial charge is 0.342 e. The Labute approximate surface area is 93.6 Å². The predicted octanol–water partition coefficient (Wildman–Crippen LogP) is 0.0878. The van der Waals surface area contributed by atoms with Crippen LogP contribution in [0.15, 0.2) is 21.2 Å². The molecule has 0 saturated carbocycles. The number of hydrogen-bond acceptors (Lipinski definition) is 6. The van der Waals surface area contributed by atoms with E-state index in [-0.39, 0.29) is 11.9 Å². The third-order valence-electron chi connectivity index (χ3n) is 1.89. The molecule has 0 aliphatic carbocycles. The number of aromatic nitrogens is 4. The number of hydrogen-bond donors (Lipinski definition) is 3. The average molecular weight is 239 g/mol. The van der Waals surface area contributed by atoms with Gasteiger partial charge in [0.15, 0.2) is 0 Å². The fraction of sp³-hybridized carbons (Fsp3) is 0.250. The Morgan fingerprint density at radius 3 is 2.94 bits per heavy atom. The van der Waals surface area contributed by atoms with Gasteiger partial charge in [0.25, 0.3) is 5.56 Å². The summed E-state index contributed by atoms with van der Waals surface area (Å²) in [5.74, 6) is 0.0716. The van der Waals surface area contributed by atoms with E-state index in [0.29, 0.717) is 0 Å². The molecule has 2 rings (SSSR count). The van der Waals surface area contributed by atoms with E-state index in [4.69, 9.17) is 0 Å². The topological polar surface area (TPSA) is 104 Å². The molecule has 0 aromatic carbocycles. The lowest BCUT2D eigenvalue weighted by Gasteiger charge is -2.09. The second-order valence-electron chi connectivity index (χ2n) is 3.09. The molecule has 84 valence electrons. The standard InChI is InChI=1S/C8H9N5O2S/c1-4(7-9-2-3-16-7)10-5-6(14)11-8(15)13-12-5/h2-4H,1H3,(H,10,12)(H2,11,13,14,15). The van der Waals surface area contributed by atoms with Crippen molar-refractivity contribution in [1.29, 1.82) is 0 Å². The summed E-state index contributed by atoms with van der Waals surface area (Å²) in [7, 11) is 0. The number of H-pyrrole nitrogens is 2. The number of rotatable bonds is 3. The van der Waals surface area contributed by atoms with Crippen LogP contribution in [0.1, 0.15) is 18.0 Å². The van der Waals surface area contributed by atoms with Crippen LogP contribution >= 0.6 is 11.3 Å². The summed E-state index contributed by atoms with van der Waals surface area (Å²) >= 11 is 1.47. The van der Waals surface area contributed by atoms with Crippen molar-refractivity contribution in [2.75, 3.05) is 5.32 Å². The van der Waals surface area contributed by atoms with Crippen molar-refractivity contribution in [2.45, 2.75) is 13.0 Å². The minimum absolute atomic E-state index is 0.0716. The summed E-state index contributed by atoms with van der Waals surface area (Å²) in [4.78, 5) is 28.3. The minimum Gasteiger partial charge on any atom is -0.355 e. The molecule has 7 nitrogen and oxygen atoms in total. The van der Waals surface area contributed by atoms with Gasteiger partial charge < -0.3 is 5.32 Å². The van der Waals surface area contributed by atoms with E-state index in [9.17, 15) is 9.59 Å². The van der Waals surface area contributed by atoms with Crippen molar-refractivity contribution in [3.63, 3.8) is 0 Å². The van der Waals surface area contributed by atoms with Crippen LogP contribution < -0.4 is 16.6 Å². The largest absolute Gasteiger partial charge is 0.355 e. The predicted molar refractivity (Wildman–Crippen MR) is 59.6 cm³/mol. The maximum absolute atomic E-state index is 11.3. The van der Waals surface area contributed by atoms with E-state index in [1.807, 2.05) is 12.3 Å². The molecular weight excluding hydrogens is 230 g/mol. The quantitative estimate of drug-likeness (QED) is 0.704. The van der Waals surface area contributed by atoms with Gasteiger partial charge in [-0.3, -0.25) is 9.78 Å². The maximum Gasteiger partial charge on any atom is 0.342 e. The number of aromatic amines is 2. The van der Waals surface area contributed by atoms with Crippen molar-refractivity contribution >= 4 is 17.2 Å². The van der Waals surface area contributed by atoms with Crippen molar-refractivity contribution in [3.05, 3.63) is 37.4 Å². The van der Waals surface area contributed by atoms with Crippen molar-refractivity contribution < 1.29 is 0 Å². The molecule has 0 fully saturated rings. The first-order valence-corrected chi connectivity index (χ1v) is 5.39. The minimum atomic E-state index is -0.627. The van der Waals surface area contributed by atoms with Crippen LogP contribution in [0.4, 0.5) is 5.82 Å². The van der Waals surface area contributed by atoms with Gasteiger partial charge in [-0.05, 0) is 6.92 Å². The van der Waals surface area contributed by atoms with Crippen molar-refractivity contribution in [1.82, 2.24) is 20.2 Å². The van der Waals surface area contributed by atoms with Crippen LogP contribution in [-0.4, -0.2) is 20.2 Å². The first-order chi connectivity index (χ1) is 7.66. The van der Waals surface area contributed by atoms with Gasteiger partial charge in [0.2, 0.25) is 5.82 Å². The van der Waals surface area contributed by atoms with E-state index in [2.05, 4.69) is 25.5 Å². The van der Waals surface area contributed by atoms with Crippen LogP contribution in [0.3, 0.4) is 0 Å². The first-order valence-electron chi connectivity index (χ1n) is 4.52. The van der Waals surface area contributed by atoms with E-state index < -0.39 is 11.2 Å². The van der Waals surface area contributed by atoms with Gasteiger partial charge in [-0.15, -0.1) is 16.4 Å². The summed E-state index contributed by atoms with van der Waals surface area (Å²) in [5, 5.41) is 11.3. The van der Waals surface area contributed by atoms with Crippen LogP contribution in [-0.2, 0) is 0 Å². The zero-order chi connectivity index (χ0) is 11.5. The molecular formula is C8H9N5O2S. The highest BCUT2D eigenvalue weighted by Crippen LogP contribution is 2.17. The molecule has 2 aromatic rings. The highest BCUT2D eigenvalue weighted by atomic mass is 32.1. The molecule has 0 aliphatic rings. The Bertz CT molecular complexity index is 573. The zero-order valence-corrected chi connectivity index (χ0v) is 9.17. The van der Waals surface area contributed by atoms with E-state index >= 15 is 0 Å². The average Bonchev–Trinajstić information content (AvgIpc) is 2.75. The highest BCUT2D eigenvalue weighted by molar-refractivity contribution is 7.09. The monoisotopic (exact) mass is 239 g/mol. The SMILES string of the molecule is CC(Nc1n[nH]c(=O)[nH]c1=O)c1nccs1. The molecule has 0 saturated heterocycles. The third-order valence-corrected chi connectivity index (χ3v) is 2.84. The van der Waals surface area contributed by atoms with E-state index in [1.54, 1.807) is 6.20 Å². The molecule has 3 N–H and O–H groups in total. The van der Waals surface area contributed by atoms with Crippen molar-refractivity contribution in [2.24, 2.45) is 0 Å². The summed E-state index contributed by atoms with van der Waals surface area (Å²) in [6, 6.07) is -0.139. The lowest BCUT2D eigenvalue weighted by Crippen LogP contribution is -2.27. The van der Waals surface area contributed by atoms with Gasteiger partial charge in [-0.25, -0.2) is 14.9 Å². The zero-order valence-electron chi connectivity index (χ0n) is 8.35. The highest BCUT2D eigenvalue weighted by Gasteiger charge is 2.10. The number of nitrogens with one attached hydrogen (secondary N) is 3. The Morgan fingerprint density at radius 2 is 2.31 bits per heavy atom. The molecule has 16 heavy (non-hydrogen) atoms. The van der Waals surface area contributed by atoms with Gasteiger partial charge >= 0.3 is 5.69 Å². The van der Waals surface area contributed by atoms with Gasteiger partial charge in [0, 0.05) is 11.6 Å². The summed E-state index contributed by atoms with van der Waals surface area (Å²) in [5.41, 5.74) is -1.18. The van der Waals surface area contributed by atoms with Gasteiger partial charge in [0.05, 0.1) is 6.04 Å². The van der Waals surface area contributed by atoms with Crippen LogP contribution in [0, 0.1) is 0 Å². The molecule has 1 unspecified atom stereocenters. The number of thiazole rings is 1. The Morgan fingerprint density at radius 1 is 1.50 bits per heavy atom. The Hall–Kier alpha value is -1.96. The summed E-state index contributed by atoms with van der Waals surface area (Å²) in [6.45, 7) is 1.85. The molecule has 8 heteroatoms. The van der Waals surface area contributed by atoms with Crippen LogP contribution in [0.5, 0.6) is 0 Å². The molecule has 2 aromatic heterocycles. The first kappa shape index (κ1) is 10.6.